The van der Waals surface area contributed by atoms with Gasteiger partial charge in [0.05, 0.1) is 38.1 Å². The van der Waals surface area contributed by atoms with E-state index in [2.05, 4.69) is 15.9 Å². The molecule has 1 amide bonds. The number of aromatic nitrogens is 2. The number of carbonyl (C=O) groups is 2. The van der Waals surface area contributed by atoms with Crippen LogP contribution in [0.15, 0.2) is 42.6 Å². The SMILES string of the molecule is C#Cc1cccc(CCCN(Cc2nc(C(=O)OC)c(C)s2)C(=O)C2(c3ccc(OC)cn3)CC2)c1. The predicted octanol–water partition coefficient (Wildman–Crippen LogP) is 4.32. The van der Waals surface area contributed by atoms with E-state index in [0.29, 0.717) is 29.5 Å². The number of nitrogens with zero attached hydrogens (tertiary/aromatic N) is 3. The van der Waals surface area contributed by atoms with Crippen LogP contribution in [-0.2, 0) is 27.9 Å². The first-order valence-electron chi connectivity index (χ1n) is 11.8. The maximum atomic E-state index is 13.9. The molecule has 1 fully saturated rings. The van der Waals surface area contributed by atoms with Crippen molar-refractivity contribution in [3.63, 3.8) is 0 Å². The molecule has 1 aliphatic rings. The number of rotatable bonds is 10. The first-order chi connectivity index (χ1) is 17.4. The Hall–Kier alpha value is -3.70. The van der Waals surface area contributed by atoms with Crippen LogP contribution >= 0.6 is 11.3 Å². The van der Waals surface area contributed by atoms with Crippen LogP contribution in [0.1, 0.15) is 56.5 Å². The van der Waals surface area contributed by atoms with Gasteiger partial charge in [0.25, 0.3) is 0 Å². The third kappa shape index (κ3) is 5.42. The number of terminal acetylenes is 1. The maximum absolute atomic E-state index is 13.9. The fraction of sp³-hybridized carbons (Fsp3) is 0.357. The van der Waals surface area contributed by atoms with E-state index >= 15 is 0 Å². The summed E-state index contributed by atoms with van der Waals surface area (Å²) in [5, 5.41) is 0.703. The highest BCUT2D eigenvalue weighted by Gasteiger charge is 2.54. The van der Waals surface area contributed by atoms with E-state index in [1.165, 1.54) is 18.4 Å². The molecule has 36 heavy (non-hydrogen) atoms. The highest BCUT2D eigenvalue weighted by Crippen LogP contribution is 2.49. The number of methoxy groups -OCH3 is 2. The van der Waals surface area contributed by atoms with Gasteiger partial charge < -0.3 is 14.4 Å². The number of ether oxygens (including phenoxy) is 2. The van der Waals surface area contributed by atoms with Crippen molar-refractivity contribution in [3.8, 4) is 18.1 Å². The summed E-state index contributed by atoms with van der Waals surface area (Å²) >= 11 is 1.41. The van der Waals surface area contributed by atoms with Crippen molar-refractivity contribution in [3.05, 3.63) is 75.0 Å². The quantitative estimate of drug-likeness (QED) is 0.303. The topological polar surface area (TPSA) is 81.6 Å². The number of carbonyl (C=O) groups excluding carboxylic acids is 2. The van der Waals surface area contributed by atoms with Gasteiger partial charge >= 0.3 is 5.97 Å². The lowest BCUT2D eigenvalue weighted by atomic mass is 9.99. The summed E-state index contributed by atoms with van der Waals surface area (Å²) in [6.45, 7) is 2.70. The van der Waals surface area contributed by atoms with Crippen molar-refractivity contribution in [2.24, 2.45) is 0 Å². The normalized spacial score (nSPS) is 13.5. The number of benzene rings is 1. The van der Waals surface area contributed by atoms with Crippen LogP contribution in [0.2, 0.25) is 0 Å². The molecule has 0 spiro atoms. The summed E-state index contributed by atoms with van der Waals surface area (Å²) in [5.74, 6) is 2.89. The minimum Gasteiger partial charge on any atom is -0.495 e. The highest BCUT2D eigenvalue weighted by atomic mass is 32.1. The molecule has 3 aromatic rings. The van der Waals surface area contributed by atoms with Crippen LogP contribution in [0.5, 0.6) is 5.75 Å². The van der Waals surface area contributed by atoms with Crippen LogP contribution in [0.3, 0.4) is 0 Å². The van der Waals surface area contributed by atoms with E-state index in [4.69, 9.17) is 15.9 Å². The summed E-state index contributed by atoms with van der Waals surface area (Å²) in [7, 11) is 2.93. The Morgan fingerprint density at radius 2 is 2.03 bits per heavy atom. The van der Waals surface area contributed by atoms with Crippen molar-refractivity contribution in [1.29, 1.82) is 0 Å². The van der Waals surface area contributed by atoms with Crippen LogP contribution in [-0.4, -0.2) is 47.5 Å². The molecule has 7 nitrogen and oxygen atoms in total. The average molecular weight is 504 g/mol. The molecule has 0 atom stereocenters. The summed E-state index contributed by atoms with van der Waals surface area (Å²) in [6, 6.07) is 11.6. The van der Waals surface area contributed by atoms with Gasteiger partial charge in [0, 0.05) is 17.0 Å². The fourth-order valence-corrected chi connectivity index (χ4v) is 5.24. The second kappa shape index (κ2) is 10.9. The van der Waals surface area contributed by atoms with Crippen molar-refractivity contribution in [2.45, 2.75) is 44.6 Å². The number of thiazole rings is 1. The number of hydrogen-bond donors (Lipinski definition) is 0. The van der Waals surface area contributed by atoms with E-state index in [1.807, 2.05) is 48.2 Å². The van der Waals surface area contributed by atoms with Crippen molar-refractivity contribution >= 4 is 23.2 Å². The minimum absolute atomic E-state index is 0.0324. The van der Waals surface area contributed by atoms with E-state index in [1.54, 1.807) is 13.3 Å². The van der Waals surface area contributed by atoms with Gasteiger partial charge in [-0.3, -0.25) is 9.78 Å². The van der Waals surface area contributed by atoms with E-state index in [0.717, 1.165) is 47.4 Å². The molecule has 1 aromatic carbocycles. The van der Waals surface area contributed by atoms with Crippen LogP contribution in [0.25, 0.3) is 0 Å². The average Bonchev–Trinajstić information content (AvgIpc) is 3.64. The monoisotopic (exact) mass is 503 g/mol. The van der Waals surface area contributed by atoms with Crippen LogP contribution < -0.4 is 4.74 Å². The second-order valence-electron chi connectivity index (χ2n) is 8.84. The highest BCUT2D eigenvalue weighted by molar-refractivity contribution is 7.11. The Bertz CT molecular complexity index is 1290. The Morgan fingerprint density at radius 1 is 1.22 bits per heavy atom. The summed E-state index contributed by atoms with van der Waals surface area (Å²) in [5.41, 5.74) is 2.40. The van der Waals surface area contributed by atoms with Gasteiger partial charge in [-0.1, -0.05) is 18.1 Å². The van der Waals surface area contributed by atoms with Gasteiger partial charge in [-0.15, -0.1) is 17.8 Å². The van der Waals surface area contributed by atoms with Crippen molar-refractivity contribution in [1.82, 2.24) is 14.9 Å². The molecular weight excluding hydrogens is 474 g/mol. The largest absolute Gasteiger partial charge is 0.495 e. The molecule has 0 aliphatic heterocycles. The Balaban J connectivity index is 1.55. The van der Waals surface area contributed by atoms with Gasteiger partial charge in [-0.25, -0.2) is 9.78 Å². The first kappa shape index (κ1) is 25.4. The van der Waals surface area contributed by atoms with E-state index in [-0.39, 0.29) is 5.91 Å². The zero-order valence-corrected chi connectivity index (χ0v) is 21.6. The van der Waals surface area contributed by atoms with Crippen molar-refractivity contribution in [2.75, 3.05) is 20.8 Å². The zero-order chi connectivity index (χ0) is 25.7. The minimum atomic E-state index is -0.632. The molecular formula is C28H29N3O4S. The van der Waals surface area contributed by atoms with Crippen LogP contribution in [0, 0.1) is 19.3 Å². The Kier molecular flexibility index (Phi) is 7.70. The lowest BCUT2D eigenvalue weighted by Crippen LogP contribution is -2.40. The molecule has 8 heteroatoms. The lowest BCUT2D eigenvalue weighted by molar-refractivity contribution is -0.134. The third-order valence-corrected chi connectivity index (χ3v) is 7.40. The van der Waals surface area contributed by atoms with Gasteiger partial charge in [0.15, 0.2) is 5.69 Å². The smallest absolute Gasteiger partial charge is 0.357 e. The molecule has 1 aliphatic carbocycles. The van der Waals surface area contributed by atoms with Gasteiger partial charge in [0.2, 0.25) is 5.91 Å². The second-order valence-corrected chi connectivity index (χ2v) is 10.1. The molecule has 2 heterocycles. The van der Waals surface area contributed by atoms with E-state index in [9.17, 15) is 9.59 Å². The Labute approximate surface area is 215 Å². The Morgan fingerprint density at radius 3 is 2.67 bits per heavy atom. The number of pyridine rings is 1. The molecule has 0 radical (unpaired) electrons. The maximum Gasteiger partial charge on any atom is 0.357 e. The molecule has 0 N–H and O–H groups in total. The predicted molar refractivity (Wildman–Crippen MR) is 138 cm³/mol. The third-order valence-electron chi connectivity index (χ3n) is 6.44. The van der Waals surface area contributed by atoms with Gasteiger partial charge in [0.1, 0.15) is 10.8 Å². The standard InChI is InChI=1S/C28H29N3O4S/c1-5-20-8-6-9-21(16-20)10-7-15-31(18-24-30-25(19(2)36-24)26(32)35-4)27(33)28(13-14-28)23-12-11-22(34-3)17-29-23/h1,6,8-9,11-12,16-17H,7,10,13-15,18H2,2-4H3. The fourth-order valence-electron chi connectivity index (χ4n) is 4.30. The number of aryl methyl sites for hydroxylation is 2. The van der Waals surface area contributed by atoms with E-state index < -0.39 is 11.4 Å². The summed E-state index contributed by atoms with van der Waals surface area (Å²) in [4.78, 5) is 37.6. The molecule has 0 saturated heterocycles. The summed E-state index contributed by atoms with van der Waals surface area (Å²) in [6.07, 6.45) is 10.2. The van der Waals surface area contributed by atoms with Crippen LogP contribution in [0.4, 0.5) is 0 Å². The molecule has 186 valence electrons. The number of esters is 1. The number of hydrogen-bond acceptors (Lipinski definition) is 7. The first-order valence-corrected chi connectivity index (χ1v) is 12.6. The van der Waals surface area contributed by atoms with Gasteiger partial charge in [-0.05, 0) is 62.4 Å². The summed E-state index contributed by atoms with van der Waals surface area (Å²) < 4.78 is 10.1. The molecule has 2 aromatic heterocycles. The lowest BCUT2D eigenvalue weighted by Gasteiger charge is -2.27. The number of amides is 1. The molecule has 4 rings (SSSR count). The van der Waals surface area contributed by atoms with Gasteiger partial charge in [-0.2, -0.15) is 0 Å². The molecule has 0 bridgehead atoms. The zero-order valence-electron chi connectivity index (χ0n) is 20.7. The van der Waals surface area contributed by atoms with Crippen molar-refractivity contribution < 1.29 is 19.1 Å². The molecule has 1 saturated carbocycles. The molecule has 0 unspecified atom stereocenters.